The van der Waals surface area contributed by atoms with Gasteiger partial charge in [-0.3, -0.25) is 0 Å². The molecular formula is C19H25N3O2S. The fourth-order valence-corrected chi connectivity index (χ4v) is 2.75. The number of pyridine rings is 1. The van der Waals surface area contributed by atoms with Crippen molar-refractivity contribution in [1.82, 2.24) is 10.3 Å². The van der Waals surface area contributed by atoms with Crippen molar-refractivity contribution >= 4 is 23.0 Å². The van der Waals surface area contributed by atoms with E-state index in [4.69, 9.17) is 21.7 Å². The fourth-order valence-electron chi connectivity index (χ4n) is 2.49. The normalized spacial score (nSPS) is 11.7. The Morgan fingerprint density at radius 3 is 2.32 bits per heavy atom. The van der Waals surface area contributed by atoms with Gasteiger partial charge < -0.3 is 20.1 Å². The van der Waals surface area contributed by atoms with Crippen LogP contribution in [0.3, 0.4) is 0 Å². The van der Waals surface area contributed by atoms with E-state index in [1.165, 1.54) is 5.56 Å². The Balaban J connectivity index is 2.05. The fraction of sp³-hybridized carbons (Fsp3) is 0.368. The number of rotatable bonds is 7. The molecule has 0 aliphatic carbocycles. The second kappa shape index (κ2) is 9.22. The van der Waals surface area contributed by atoms with Gasteiger partial charge in [0.1, 0.15) is 5.75 Å². The van der Waals surface area contributed by atoms with Crippen LogP contribution < -0.4 is 20.1 Å². The first kappa shape index (κ1) is 19.0. The predicted molar refractivity (Wildman–Crippen MR) is 105 cm³/mol. The molecule has 2 aromatic rings. The van der Waals surface area contributed by atoms with Crippen LogP contribution in [0.15, 0.2) is 42.6 Å². The van der Waals surface area contributed by atoms with E-state index in [0.29, 0.717) is 16.9 Å². The summed E-state index contributed by atoms with van der Waals surface area (Å²) in [6, 6.07) is 11.9. The van der Waals surface area contributed by atoms with Gasteiger partial charge in [0.05, 0.1) is 32.1 Å². The third-order valence-electron chi connectivity index (χ3n) is 3.73. The standard InChI is InChI=1S/C19H25N3O2S/c1-13(2)11-17(14-5-8-16(23-3)9-6-14)22-19(25)21-15-7-10-18(24-4)20-12-15/h5-10,12-13,17H,11H2,1-4H3,(H2,21,22,25). The number of nitrogens with zero attached hydrogens (tertiary/aromatic N) is 1. The van der Waals surface area contributed by atoms with Crippen LogP contribution in [0.2, 0.25) is 0 Å². The van der Waals surface area contributed by atoms with Crippen LogP contribution in [0.25, 0.3) is 0 Å². The molecule has 1 aromatic carbocycles. The van der Waals surface area contributed by atoms with Crippen molar-refractivity contribution in [3.63, 3.8) is 0 Å². The molecule has 25 heavy (non-hydrogen) atoms. The molecule has 1 unspecified atom stereocenters. The molecule has 1 atom stereocenters. The Bertz CT molecular complexity index is 672. The van der Waals surface area contributed by atoms with Crippen molar-refractivity contribution in [3.8, 4) is 11.6 Å². The zero-order valence-electron chi connectivity index (χ0n) is 15.1. The Labute approximate surface area is 154 Å². The third-order valence-corrected chi connectivity index (χ3v) is 3.95. The molecular weight excluding hydrogens is 334 g/mol. The minimum atomic E-state index is 0.122. The summed E-state index contributed by atoms with van der Waals surface area (Å²) in [4.78, 5) is 4.17. The molecule has 0 saturated carbocycles. The van der Waals surface area contributed by atoms with Crippen molar-refractivity contribution in [2.75, 3.05) is 19.5 Å². The maximum absolute atomic E-state index is 5.47. The summed E-state index contributed by atoms with van der Waals surface area (Å²) in [5.41, 5.74) is 1.99. The van der Waals surface area contributed by atoms with Crippen molar-refractivity contribution in [2.24, 2.45) is 5.92 Å². The van der Waals surface area contributed by atoms with Gasteiger partial charge in [-0.25, -0.2) is 4.98 Å². The highest BCUT2D eigenvalue weighted by molar-refractivity contribution is 7.80. The Morgan fingerprint density at radius 1 is 1.08 bits per heavy atom. The summed E-state index contributed by atoms with van der Waals surface area (Å²) in [6.45, 7) is 4.39. The molecule has 0 saturated heterocycles. The van der Waals surface area contributed by atoms with Gasteiger partial charge in [-0.2, -0.15) is 0 Å². The Kier molecular flexibility index (Phi) is 7.01. The average molecular weight is 359 g/mol. The monoisotopic (exact) mass is 359 g/mol. The molecule has 0 amide bonds. The molecule has 0 radical (unpaired) electrons. The zero-order valence-corrected chi connectivity index (χ0v) is 15.9. The molecule has 2 N–H and O–H groups in total. The largest absolute Gasteiger partial charge is 0.497 e. The number of aromatic nitrogens is 1. The van der Waals surface area contributed by atoms with Gasteiger partial charge in [0.15, 0.2) is 5.11 Å². The summed E-state index contributed by atoms with van der Waals surface area (Å²) >= 11 is 5.47. The van der Waals surface area contributed by atoms with Crippen molar-refractivity contribution in [1.29, 1.82) is 0 Å². The number of thiocarbonyl (C=S) groups is 1. The topological polar surface area (TPSA) is 55.4 Å². The third kappa shape index (κ3) is 5.90. The summed E-state index contributed by atoms with van der Waals surface area (Å²) < 4.78 is 10.3. The van der Waals surface area contributed by atoms with E-state index in [1.807, 2.05) is 18.2 Å². The smallest absolute Gasteiger partial charge is 0.213 e. The van der Waals surface area contributed by atoms with Crippen LogP contribution in [0.5, 0.6) is 11.6 Å². The van der Waals surface area contributed by atoms with Gasteiger partial charge in [-0.1, -0.05) is 26.0 Å². The Morgan fingerprint density at radius 2 is 1.80 bits per heavy atom. The van der Waals surface area contributed by atoms with E-state index in [2.05, 4.69) is 41.6 Å². The number of nitrogens with one attached hydrogen (secondary N) is 2. The van der Waals surface area contributed by atoms with Crippen LogP contribution in [-0.2, 0) is 0 Å². The number of ether oxygens (including phenoxy) is 2. The average Bonchev–Trinajstić information content (AvgIpc) is 2.61. The summed E-state index contributed by atoms with van der Waals surface area (Å²) in [7, 11) is 3.26. The number of hydrogen-bond donors (Lipinski definition) is 2. The van der Waals surface area contributed by atoms with Crippen molar-refractivity contribution in [3.05, 3.63) is 48.2 Å². The van der Waals surface area contributed by atoms with Gasteiger partial charge in [-0.15, -0.1) is 0 Å². The van der Waals surface area contributed by atoms with Crippen molar-refractivity contribution in [2.45, 2.75) is 26.3 Å². The van der Waals surface area contributed by atoms with Crippen LogP contribution in [0.1, 0.15) is 31.9 Å². The highest BCUT2D eigenvalue weighted by Gasteiger charge is 2.15. The van der Waals surface area contributed by atoms with Gasteiger partial charge in [-0.05, 0) is 48.3 Å². The first-order valence-corrected chi connectivity index (χ1v) is 8.64. The molecule has 2 rings (SSSR count). The number of hydrogen-bond acceptors (Lipinski definition) is 4. The van der Waals surface area contributed by atoms with E-state index in [1.54, 1.807) is 26.5 Å². The summed E-state index contributed by atoms with van der Waals surface area (Å²) in [5.74, 6) is 1.95. The van der Waals surface area contributed by atoms with Crippen LogP contribution in [-0.4, -0.2) is 24.3 Å². The second-order valence-electron chi connectivity index (χ2n) is 6.14. The molecule has 5 nitrogen and oxygen atoms in total. The van der Waals surface area contributed by atoms with E-state index in [9.17, 15) is 0 Å². The molecule has 1 aromatic heterocycles. The SMILES string of the molecule is COc1ccc(C(CC(C)C)NC(=S)Nc2ccc(OC)nc2)cc1. The molecule has 6 heteroatoms. The lowest BCUT2D eigenvalue weighted by atomic mass is 9.97. The molecule has 1 heterocycles. The number of methoxy groups -OCH3 is 2. The second-order valence-corrected chi connectivity index (χ2v) is 6.55. The first-order valence-electron chi connectivity index (χ1n) is 8.23. The minimum Gasteiger partial charge on any atom is -0.497 e. The highest BCUT2D eigenvalue weighted by atomic mass is 32.1. The predicted octanol–water partition coefficient (Wildman–Crippen LogP) is 4.17. The lowest BCUT2D eigenvalue weighted by Gasteiger charge is -2.23. The first-order chi connectivity index (χ1) is 12.0. The maximum Gasteiger partial charge on any atom is 0.213 e. The number of anilines is 1. The lowest BCUT2D eigenvalue weighted by molar-refractivity contribution is 0.398. The number of benzene rings is 1. The van der Waals surface area contributed by atoms with Crippen LogP contribution in [0, 0.1) is 5.92 Å². The highest BCUT2D eigenvalue weighted by Crippen LogP contribution is 2.24. The van der Waals surface area contributed by atoms with Gasteiger partial charge in [0.25, 0.3) is 0 Å². The van der Waals surface area contributed by atoms with Crippen LogP contribution in [0.4, 0.5) is 5.69 Å². The zero-order chi connectivity index (χ0) is 18.2. The Hall–Kier alpha value is -2.34. The molecule has 0 spiro atoms. The molecule has 0 bridgehead atoms. The molecule has 0 fully saturated rings. The molecule has 0 aliphatic rings. The minimum absolute atomic E-state index is 0.122. The van der Waals surface area contributed by atoms with E-state index < -0.39 is 0 Å². The van der Waals surface area contributed by atoms with Crippen LogP contribution >= 0.6 is 12.2 Å². The van der Waals surface area contributed by atoms with E-state index >= 15 is 0 Å². The maximum atomic E-state index is 5.47. The molecule has 0 aliphatic heterocycles. The van der Waals surface area contributed by atoms with Gasteiger partial charge in [0, 0.05) is 6.07 Å². The summed E-state index contributed by atoms with van der Waals surface area (Å²) in [5, 5.41) is 7.13. The lowest BCUT2D eigenvalue weighted by Crippen LogP contribution is -2.33. The van der Waals surface area contributed by atoms with Crippen molar-refractivity contribution < 1.29 is 9.47 Å². The van der Waals surface area contributed by atoms with E-state index in [0.717, 1.165) is 17.9 Å². The summed E-state index contributed by atoms with van der Waals surface area (Å²) in [6.07, 6.45) is 2.66. The molecule has 134 valence electrons. The quantitative estimate of drug-likeness (QED) is 0.724. The van der Waals surface area contributed by atoms with E-state index in [-0.39, 0.29) is 6.04 Å². The van der Waals surface area contributed by atoms with Gasteiger partial charge in [0.2, 0.25) is 5.88 Å². The van der Waals surface area contributed by atoms with Gasteiger partial charge >= 0.3 is 0 Å².